The van der Waals surface area contributed by atoms with Gasteiger partial charge in [0.05, 0.1) is 0 Å². The van der Waals surface area contributed by atoms with Gasteiger partial charge in [-0.25, -0.2) is 0 Å². The van der Waals surface area contributed by atoms with Crippen molar-refractivity contribution in [3.05, 3.63) is 11.6 Å². The molecular weight excluding hydrogens is 208 g/mol. The largest absolute Gasteiger partial charge is 0.312 e. The summed E-state index contributed by atoms with van der Waals surface area (Å²) in [7, 11) is 6.56. The second-order valence-corrected chi connectivity index (χ2v) is 5.45. The molecular formula is C15H30N2. The first-order chi connectivity index (χ1) is 8.12. The number of hydrogen-bond donors (Lipinski definition) is 1. The number of likely N-dealkylation sites (N-methyl/N-ethyl adjacent to an activating group) is 2. The highest BCUT2D eigenvalue weighted by Gasteiger charge is 2.38. The van der Waals surface area contributed by atoms with E-state index in [-0.39, 0.29) is 5.54 Å². The van der Waals surface area contributed by atoms with E-state index in [2.05, 4.69) is 51.3 Å². The van der Waals surface area contributed by atoms with Gasteiger partial charge in [0.25, 0.3) is 0 Å². The molecule has 2 nitrogen and oxygen atoms in total. The zero-order chi connectivity index (χ0) is 12.9. The molecule has 17 heavy (non-hydrogen) atoms. The van der Waals surface area contributed by atoms with Gasteiger partial charge in [0.2, 0.25) is 0 Å². The van der Waals surface area contributed by atoms with E-state index in [1.165, 1.54) is 38.5 Å². The third-order valence-electron chi connectivity index (χ3n) is 4.64. The molecule has 0 fully saturated rings. The maximum atomic E-state index is 3.59. The van der Waals surface area contributed by atoms with Crippen molar-refractivity contribution in [2.45, 2.75) is 64.0 Å². The van der Waals surface area contributed by atoms with Gasteiger partial charge in [-0.3, -0.25) is 0 Å². The van der Waals surface area contributed by atoms with E-state index in [0.29, 0.717) is 6.04 Å². The summed E-state index contributed by atoms with van der Waals surface area (Å²) >= 11 is 0. The number of nitrogens with one attached hydrogen (secondary N) is 1. The van der Waals surface area contributed by atoms with E-state index >= 15 is 0 Å². The van der Waals surface area contributed by atoms with Crippen LogP contribution in [0.3, 0.4) is 0 Å². The van der Waals surface area contributed by atoms with Crippen molar-refractivity contribution in [2.75, 3.05) is 21.1 Å². The molecule has 0 aromatic rings. The highest BCUT2D eigenvalue weighted by atomic mass is 15.2. The smallest absolute Gasteiger partial charge is 0.0463 e. The molecule has 1 aliphatic carbocycles. The highest BCUT2D eigenvalue weighted by Crippen LogP contribution is 2.33. The van der Waals surface area contributed by atoms with Gasteiger partial charge in [-0.05, 0) is 59.7 Å². The Kier molecular flexibility index (Phi) is 5.68. The Morgan fingerprint density at radius 1 is 1.29 bits per heavy atom. The summed E-state index contributed by atoms with van der Waals surface area (Å²) in [6.45, 7) is 4.63. The van der Waals surface area contributed by atoms with Crippen LogP contribution in [-0.4, -0.2) is 37.6 Å². The molecule has 1 rings (SSSR count). The third-order valence-corrected chi connectivity index (χ3v) is 4.64. The fourth-order valence-corrected chi connectivity index (χ4v) is 3.47. The summed E-state index contributed by atoms with van der Waals surface area (Å²) in [6.07, 6.45) is 10.1. The van der Waals surface area contributed by atoms with Gasteiger partial charge in [0.15, 0.2) is 0 Å². The van der Waals surface area contributed by atoms with E-state index in [0.717, 1.165) is 0 Å². The normalized spacial score (nSPS) is 19.3. The Hall–Kier alpha value is -0.340. The number of hydrogen-bond acceptors (Lipinski definition) is 2. The summed E-state index contributed by atoms with van der Waals surface area (Å²) in [5.74, 6) is 0. The molecule has 1 aliphatic rings. The lowest BCUT2D eigenvalue weighted by Crippen LogP contribution is -2.58. The van der Waals surface area contributed by atoms with Gasteiger partial charge >= 0.3 is 0 Å². The molecule has 0 bridgehead atoms. The monoisotopic (exact) mass is 238 g/mol. The van der Waals surface area contributed by atoms with E-state index in [4.69, 9.17) is 0 Å². The van der Waals surface area contributed by atoms with Gasteiger partial charge in [0.1, 0.15) is 0 Å². The van der Waals surface area contributed by atoms with Crippen LogP contribution in [0.4, 0.5) is 0 Å². The van der Waals surface area contributed by atoms with Crippen molar-refractivity contribution in [3.63, 3.8) is 0 Å². The first kappa shape index (κ1) is 14.7. The van der Waals surface area contributed by atoms with Crippen LogP contribution in [0.15, 0.2) is 11.6 Å². The van der Waals surface area contributed by atoms with Crippen molar-refractivity contribution in [1.29, 1.82) is 0 Å². The predicted octanol–water partition coefficient (Wildman–Crippen LogP) is 3.20. The lowest BCUT2D eigenvalue weighted by Gasteiger charge is -2.46. The molecule has 0 saturated heterocycles. The summed E-state index contributed by atoms with van der Waals surface area (Å²) in [5.41, 5.74) is 1.90. The molecule has 0 aromatic carbocycles. The molecule has 0 heterocycles. The van der Waals surface area contributed by atoms with Crippen molar-refractivity contribution in [1.82, 2.24) is 10.2 Å². The van der Waals surface area contributed by atoms with Crippen LogP contribution in [0.2, 0.25) is 0 Å². The standard InChI is InChI=1S/C15H30N2/c1-6-15(7-2,17(4)5)14(16-3)13-11-9-8-10-12-13/h11,14,16H,6-10,12H2,1-5H3. The van der Waals surface area contributed by atoms with Crippen LogP contribution in [-0.2, 0) is 0 Å². The SMILES string of the molecule is CCC(CC)(C(NC)C1=CCCCC1)N(C)C. The Bertz CT molecular complexity index is 252. The summed E-state index contributed by atoms with van der Waals surface area (Å²) in [6, 6.07) is 0.507. The van der Waals surface area contributed by atoms with Gasteiger partial charge in [-0.1, -0.05) is 25.5 Å². The molecule has 0 spiro atoms. The quantitative estimate of drug-likeness (QED) is 0.715. The molecule has 0 amide bonds. The Labute approximate surface area is 107 Å². The average molecular weight is 238 g/mol. The molecule has 100 valence electrons. The Morgan fingerprint density at radius 2 is 1.94 bits per heavy atom. The average Bonchev–Trinajstić information content (AvgIpc) is 2.36. The van der Waals surface area contributed by atoms with Gasteiger partial charge < -0.3 is 10.2 Å². The predicted molar refractivity (Wildman–Crippen MR) is 76.4 cm³/mol. The lowest BCUT2D eigenvalue weighted by atomic mass is 9.76. The Morgan fingerprint density at radius 3 is 2.29 bits per heavy atom. The molecule has 0 radical (unpaired) electrons. The number of allylic oxidation sites excluding steroid dienone is 1. The summed E-state index contributed by atoms with van der Waals surface area (Å²) in [5, 5.41) is 3.59. The van der Waals surface area contributed by atoms with Crippen molar-refractivity contribution in [2.24, 2.45) is 0 Å². The van der Waals surface area contributed by atoms with Crippen LogP contribution in [0.1, 0.15) is 52.4 Å². The topological polar surface area (TPSA) is 15.3 Å². The summed E-state index contributed by atoms with van der Waals surface area (Å²) < 4.78 is 0. The minimum Gasteiger partial charge on any atom is -0.312 e. The number of rotatable bonds is 6. The second-order valence-electron chi connectivity index (χ2n) is 5.45. The van der Waals surface area contributed by atoms with Crippen LogP contribution >= 0.6 is 0 Å². The molecule has 2 heteroatoms. The van der Waals surface area contributed by atoms with Crippen molar-refractivity contribution < 1.29 is 0 Å². The maximum Gasteiger partial charge on any atom is 0.0463 e. The first-order valence-electron chi connectivity index (χ1n) is 7.16. The minimum absolute atomic E-state index is 0.262. The minimum atomic E-state index is 0.262. The van der Waals surface area contributed by atoms with Crippen LogP contribution in [0.5, 0.6) is 0 Å². The maximum absolute atomic E-state index is 3.59. The Balaban J connectivity index is 2.99. The zero-order valence-electron chi connectivity index (χ0n) is 12.3. The molecule has 0 saturated carbocycles. The van der Waals surface area contributed by atoms with Crippen molar-refractivity contribution >= 4 is 0 Å². The van der Waals surface area contributed by atoms with Gasteiger partial charge in [0, 0.05) is 11.6 Å². The zero-order valence-corrected chi connectivity index (χ0v) is 12.3. The van der Waals surface area contributed by atoms with E-state index in [9.17, 15) is 0 Å². The van der Waals surface area contributed by atoms with Crippen LogP contribution in [0, 0.1) is 0 Å². The van der Waals surface area contributed by atoms with Crippen molar-refractivity contribution in [3.8, 4) is 0 Å². The van der Waals surface area contributed by atoms with Crippen LogP contribution in [0.25, 0.3) is 0 Å². The fourth-order valence-electron chi connectivity index (χ4n) is 3.47. The molecule has 1 N–H and O–H groups in total. The highest BCUT2D eigenvalue weighted by molar-refractivity contribution is 5.20. The van der Waals surface area contributed by atoms with Crippen LogP contribution < -0.4 is 5.32 Å². The molecule has 0 aliphatic heterocycles. The van der Waals surface area contributed by atoms with Gasteiger partial charge in [-0.15, -0.1) is 0 Å². The van der Waals surface area contributed by atoms with E-state index < -0.39 is 0 Å². The molecule has 0 aromatic heterocycles. The summed E-state index contributed by atoms with van der Waals surface area (Å²) in [4.78, 5) is 2.42. The van der Waals surface area contributed by atoms with E-state index in [1.807, 2.05) is 0 Å². The first-order valence-corrected chi connectivity index (χ1v) is 7.16. The van der Waals surface area contributed by atoms with Gasteiger partial charge in [-0.2, -0.15) is 0 Å². The van der Waals surface area contributed by atoms with E-state index in [1.54, 1.807) is 5.57 Å². The fraction of sp³-hybridized carbons (Fsp3) is 0.867. The second kappa shape index (κ2) is 6.55. The molecule has 1 unspecified atom stereocenters. The lowest BCUT2D eigenvalue weighted by molar-refractivity contribution is 0.104. The number of nitrogens with zero attached hydrogens (tertiary/aromatic N) is 1. The molecule has 1 atom stereocenters. The third kappa shape index (κ3) is 2.92.